The Kier molecular flexibility index (Phi) is 18.1. The molecule has 2 fully saturated rings. The van der Waals surface area contributed by atoms with Crippen LogP contribution in [0.2, 0.25) is 0 Å². The first-order valence-corrected chi connectivity index (χ1v) is 24.1. The number of nitriles is 2. The van der Waals surface area contributed by atoms with Crippen molar-refractivity contribution in [2.75, 3.05) is 0 Å². The van der Waals surface area contributed by atoms with E-state index in [-0.39, 0.29) is 11.8 Å². The number of ketones is 1. The highest BCUT2D eigenvalue weighted by Gasteiger charge is 2.24. The number of unbranched alkanes of at least 4 members (excludes halogenated alkanes) is 2. The first kappa shape index (κ1) is 45.1. The van der Waals surface area contributed by atoms with Gasteiger partial charge in [0.25, 0.3) is 0 Å². The lowest BCUT2D eigenvalue weighted by Gasteiger charge is -2.28. The maximum Gasteiger partial charge on any atom is 0.132 e. The Morgan fingerprint density at radius 1 is 0.500 bits per heavy atom. The quantitative estimate of drug-likeness (QED) is 0.0744. The molecule has 2 atom stereocenters. The van der Waals surface area contributed by atoms with Crippen molar-refractivity contribution in [2.24, 2.45) is 11.8 Å². The summed E-state index contributed by atoms with van der Waals surface area (Å²) >= 11 is 0. The first-order chi connectivity index (χ1) is 29.4. The van der Waals surface area contributed by atoms with Crippen LogP contribution in [0, 0.1) is 34.5 Å². The highest BCUT2D eigenvalue weighted by atomic mass is 16.1. The van der Waals surface area contributed by atoms with Crippen molar-refractivity contribution in [2.45, 2.75) is 179 Å². The molecule has 0 aliphatic heterocycles. The van der Waals surface area contributed by atoms with Crippen LogP contribution in [0.15, 0.2) is 97.1 Å². The number of nitrogens with zero attached hydrogens (tertiary/aromatic N) is 2. The van der Waals surface area contributed by atoms with E-state index < -0.39 is 0 Å². The van der Waals surface area contributed by atoms with Gasteiger partial charge in [-0.25, -0.2) is 0 Å². The van der Waals surface area contributed by atoms with E-state index in [1.54, 1.807) is 0 Å². The zero-order valence-electron chi connectivity index (χ0n) is 37.1. The van der Waals surface area contributed by atoms with Crippen molar-refractivity contribution in [3.05, 3.63) is 142 Å². The van der Waals surface area contributed by atoms with Gasteiger partial charge in [-0.1, -0.05) is 137 Å². The number of carbonyl (C=O) groups excluding carboxylic acids is 1. The second-order valence-electron chi connectivity index (χ2n) is 18.7. The Balaban J connectivity index is 0.829. The van der Waals surface area contributed by atoms with Gasteiger partial charge in [0.1, 0.15) is 5.78 Å². The fourth-order valence-electron chi connectivity index (χ4n) is 10.4. The molecule has 60 heavy (non-hydrogen) atoms. The third-order valence-electron chi connectivity index (χ3n) is 14.3. The molecule has 0 spiro atoms. The Labute approximate surface area is 364 Å². The molecule has 2 aliphatic carbocycles. The van der Waals surface area contributed by atoms with Crippen molar-refractivity contribution in [1.29, 1.82) is 10.5 Å². The van der Waals surface area contributed by atoms with Crippen LogP contribution in [0.5, 0.6) is 0 Å². The third-order valence-corrected chi connectivity index (χ3v) is 14.3. The average Bonchev–Trinajstić information content (AvgIpc) is 3.29. The van der Waals surface area contributed by atoms with E-state index >= 15 is 0 Å². The smallest absolute Gasteiger partial charge is 0.132 e. The summed E-state index contributed by atoms with van der Waals surface area (Å²) in [4.78, 5) is 12.7. The summed E-state index contributed by atoms with van der Waals surface area (Å²) in [6.07, 6.45) is 24.6. The molecular weight excluding hydrogens is 729 g/mol. The topological polar surface area (TPSA) is 64.7 Å². The molecule has 4 aromatic rings. The summed E-state index contributed by atoms with van der Waals surface area (Å²) in [5, 5.41) is 20.1. The summed E-state index contributed by atoms with van der Waals surface area (Å²) in [6.45, 7) is 4.60. The zero-order valence-corrected chi connectivity index (χ0v) is 37.1. The summed E-state index contributed by atoms with van der Waals surface area (Å²) in [5.74, 6) is 3.30. The normalized spacial score (nSPS) is 20.1. The molecule has 0 heterocycles. The molecule has 0 saturated heterocycles. The Hall–Kier alpha value is -4.47. The van der Waals surface area contributed by atoms with E-state index in [0.717, 1.165) is 74.3 Å². The third kappa shape index (κ3) is 13.8. The lowest BCUT2D eigenvalue weighted by molar-refractivity contribution is -0.119. The van der Waals surface area contributed by atoms with E-state index in [4.69, 9.17) is 0 Å². The number of Topliss-reactive ketones (excluding diaryl/α,β-unsaturated/α-hetero) is 1. The number of hydrogen-bond acceptors (Lipinski definition) is 3. The number of hydrogen-bond donors (Lipinski definition) is 0. The zero-order chi connectivity index (χ0) is 41.9. The van der Waals surface area contributed by atoms with Gasteiger partial charge in [-0.05, 0) is 171 Å². The lowest BCUT2D eigenvalue weighted by Crippen LogP contribution is -2.13. The van der Waals surface area contributed by atoms with Crippen molar-refractivity contribution in [1.82, 2.24) is 0 Å². The maximum atomic E-state index is 12.7. The number of rotatable bonds is 22. The van der Waals surface area contributed by atoms with Crippen molar-refractivity contribution < 1.29 is 4.79 Å². The summed E-state index contributed by atoms with van der Waals surface area (Å²) in [7, 11) is 0. The van der Waals surface area contributed by atoms with Crippen LogP contribution >= 0.6 is 0 Å². The van der Waals surface area contributed by atoms with Gasteiger partial charge in [0.05, 0.1) is 24.0 Å². The van der Waals surface area contributed by atoms with Crippen molar-refractivity contribution >= 4 is 5.78 Å². The monoisotopic (exact) mass is 801 g/mol. The molecule has 316 valence electrons. The van der Waals surface area contributed by atoms with Gasteiger partial charge < -0.3 is 0 Å². The van der Waals surface area contributed by atoms with Gasteiger partial charge in [0.15, 0.2) is 0 Å². The molecule has 2 saturated carbocycles. The SMILES string of the molecule is CCC[C@H]1CC[C@H](c2ccc(C(C#N)Cc3ccc(CCCCC(=O)CCCCc4ccc(CC(C#N)c5ccc([C@H]6CC[C@H](CCC)CC6)cc5)cc4)cc3)cc2)CC1. The van der Waals surface area contributed by atoms with Crippen LogP contribution in [0.25, 0.3) is 0 Å². The predicted molar refractivity (Wildman–Crippen MR) is 249 cm³/mol. The molecule has 0 radical (unpaired) electrons. The van der Waals surface area contributed by atoms with Gasteiger partial charge in [0.2, 0.25) is 0 Å². The minimum absolute atomic E-state index is 0.135. The predicted octanol–water partition coefficient (Wildman–Crippen LogP) is 15.2. The summed E-state index contributed by atoms with van der Waals surface area (Å²) < 4.78 is 0. The molecule has 0 aromatic heterocycles. The molecule has 4 aromatic carbocycles. The fourth-order valence-corrected chi connectivity index (χ4v) is 10.4. The summed E-state index contributed by atoms with van der Waals surface area (Å²) in [5.41, 5.74) is 10.1. The van der Waals surface area contributed by atoms with E-state index in [1.165, 1.54) is 110 Å². The first-order valence-electron chi connectivity index (χ1n) is 24.1. The van der Waals surface area contributed by atoms with Gasteiger partial charge in [-0.3, -0.25) is 4.79 Å². The average molecular weight is 801 g/mol. The molecule has 6 rings (SSSR count). The van der Waals surface area contributed by atoms with Crippen LogP contribution in [-0.4, -0.2) is 5.78 Å². The lowest BCUT2D eigenvalue weighted by atomic mass is 9.77. The molecule has 3 heteroatoms. The highest BCUT2D eigenvalue weighted by molar-refractivity contribution is 5.78. The Morgan fingerprint density at radius 3 is 1.18 bits per heavy atom. The second kappa shape index (κ2) is 24.1. The van der Waals surface area contributed by atoms with E-state index in [1.807, 2.05) is 0 Å². The second-order valence-corrected chi connectivity index (χ2v) is 18.7. The fraction of sp³-hybridized carbons (Fsp3) is 0.526. The van der Waals surface area contributed by atoms with Crippen LogP contribution in [0.4, 0.5) is 0 Å². The molecule has 3 nitrogen and oxygen atoms in total. The molecule has 2 unspecified atom stereocenters. The molecule has 2 aliphatic rings. The van der Waals surface area contributed by atoms with Crippen LogP contribution in [0.3, 0.4) is 0 Å². The Bertz CT molecular complexity index is 1790. The maximum absolute atomic E-state index is 12.7. The minimum Gasteiger partial charge on any atom is -0.300 e. The molecule has 0 bridgehead atoms. The Morgan fingerprint density at radius 2 is 0.850 bits per heavy atom. The van der Waals surface area contributed by atoms with Crippen LogP contribution in [0.1, 0.15) is 198 Å². The van der Waals surface area contributed by atoms with Crippen molar-refractivity contribution in [3.8, 4) is 12.1 Å². The number of benzene rings is 4. The number of aryl methyl sites for hydroxylation is 2. The van der Waals surface area contributed by atoms with Gasteiger partial charge in [0, 0.05) is 12.8 Å². The standard InChI is InChI=1S/C57H72N2O/c1-3-9-43-23-27-49(28-24-43)51-31-35-53(36-32-51)55(41-58)39-47-19-15-45(16-20-47)11-5-7-13-57(60)14-8-6-12-46-17-21-48(22-18-46)40-56(42-59)54-37-33-52(34-38-54)50-29-25-44(10-4-2)26-30-50/h15-22,31-38,43-44,49-50,55-56H,3-14,23-30,39-40H2,1-2H3/t43-,44-,49-,50-,55?,56?. The molecule has 0 amide bonds. The van der Waals surface area contributed by atoms with Crippen LogP contribution in [-0.2, 0) is 30.5 Å². The highest BCUT2D eigenvalue weighted by Crippen LogP contribution is 2.39. The van der Waals surface area contributed by atoms with Crippen LogP contribution < -0.4 is 0 Å². The van der Waals surface area contributed by atoms with E-state index in [0.29, 0.717) is 30.5 Å². The van der Waals surface area contributed by atoms with E-state index in [2.05, 4.69) is 123 Å². The van der Waals surface area contributed by atoms with E-state index in [9.17, 15) is 15.3 Å². The van der Waals surface area contributed by atoms with Crippen molar-refractivity contribution in [3.63, 3.8) is 0 Å². The van der Waals surface area contributed by atoms with Gasteiger partial charge in [-0.2, -0.15) is 10.5 Å². The largest absolute Gasteiger partial charge is 0.300 e. The van der Waals surface area contributed by atoms with Gasteiger partial charge in [-0.15, -0.1) is 0 Å². The molecular formula is C57H72N2O. The number of carbonyl (C=O) groups is 1. The molecule has 0 N–H and O–H groups in total. The van der Waals surface area contributed by atoms with Gasteiger partial charge >= 0.3 is 0 Å². The summed E-state index contributed by atoms with van der Waals surface area (Å²) in [6, 6.07) is 40.6. The minimum atomic E-state index is -0.135.